The minimum absolute atomic E-state index is 0.260. The molecule has 0 heterocycles. The molecule has 7 atom stereocenters. The Kier molecular flexibility index (Phi) is 16.1. The monoisotopic (exact) mass is 695 g/mol. The Morgan fingerprint density at radius 1 is 0.740 bits per heavy atom. The zero-order valence-electron chi connectivity index (χ0n) is 29.8. The second-order valence-corrected chi connectivity index (χ2v) is 13.4. The fourth-order valence-corrected chi connectivity index (χ4v) is 5.30. The van der Waals surface area contributed by atoms with Crippen LogP contribution in [-0.4, -0.2) is 76.6 Å². The minimum atomic E-state index is -3.17. The summed E-state index contributed by atoms with van der Waals surface area (Å²) in [6.45, 7) is 8.70. The molecule has 0 radical (unpaired) electrons. The van der Waals surface area contributed by atoms with Crippen LogP contribution in [0.1, 0.15) is 65.5 Å². The number of carbonyl (C=O) groups is 6. The topological polar surface area (TPSA) is 234 Å². The van der Waals surface area contributed by atoms with Gasteiger partial charge in [-0.25, -0.2) is 4.79 Å². The van der Waals surface area contributed by atoms with Crippen LogP contribution < -0.4 is 27.8 Å². The van der Waals surface area contributed by atoms with E-state index in [-0.39, 0.29) is 18.8 Å². The zero-order chi connectivity index (χ0) is 37.8. The number of carbonyl (C=O) groups excluding carboxylic acids is 6. The molecule has 0 spiro atoms. The molecule has 0 aliphatic rings. The van der Waals surface area contributed by atoms with Gasteiger partial charge in [0, 0.05) is 12.5 Å². The number of benzene rings is 2. The number of nitrogens with two attached hydrogens (primary N) is 3. The second-order valence-electron chi connectivity index (χ2n) is 13.4. The Hall–Kier alpha value is -4.30. The molecular formula is C37H53N5O8. The average Bonchev–Trinajstić information content (AvgIpc) is 3.08. The van der Waals surface area contributed by atoms with Gasteiger partial charge < -0.3 is 37.7 Å². The Morgan fingerprint density at radius 2 is 1.28 bits per heavy atom. The Bertz CT molecular complexity index is 1470. The molecule has 13 heteroatoms. The number of amides is 2. The highest BCUT2D eigenvalue weighted by Crippen LogP contribution is 2.32. The first kappa shape index (κ1) is 41.9. The van der Waals surface area contributed by atoms with Crippen molar-refractivity contribution in [1.82, 2.24) is 10.6 Å². The van der Waals surface area contributed by atoms with Crippen LogP contribution in [-0.2, 0) is 46.5 Å². The highest BCUT2D eigenvalue weighted by molar-refractivity contribution is 6.39. The molecule has 274 valence electrons. The van der Waals surface area contributed by atoms with Crippen LogP contribution in [0.3, 0.4) is 0 Å². The molecule has 9 N–H and O–H groups in total. The van der Waals surface area contributed by atoms with Gasteiger partial charge in [0.05, 0.1) is 30.3 Å². The Labute approximate surface area is 294 Å². The maximum Gasteiger partial charge on any atom is 0.335 e. The Morgan fingerprint density at radius 3 is 1.78 bits per heavy atom. The standard InChI is InChI=1S/C37H53N5O8/c1-21(2)30(40)35(48)42-31(22(3)4)33(46)37(32(45)24(6)41-34(47)23(5)38,36(49)50-20-26-15-11-8-12-16-26)29(44)18-17-28(43)27(39)19-25-13-9-7-10-14-25/h7-16,21-24,27-28,30-31,43H,17-20,38-40H2,1-6H3,(H,41,47)(H,42,48)/t23?,24?,27-,28-,30?,31-,37?/m0/s1. The van der Waals surface area contributed by atoms with Crippen molar-refractivity contribution in [2.45, 2.75) is 104 Å². The normalized spacial score (nSPS) is 16.2. The summed E-state index contributed by atoms with van der Waals surface area (Å²) in [5.41, 5.74) is 16.2. The summed E-state index contributed by atoms with van der Waals surface area (Å²) in [5.74, 6) is -7.81. The molecule has 0 aromatic heterocycles. The molecule has 13 nitrogen and oxygen atoms in total. The SMILES string of the molecule is CC(N)C(=O)NC(C)C(=O)C(C(=O)CC[C@H](O)[C@@H](N)Cc1ccccc1)(C(=O)OCc1ccccc1)C(=O)[C@@H](NC(=O)C(N)C(C)C)C(C)C. The highest BCUT2D eigenvalue weighted by Gasteiger charge is 2.62. The van der Waals surface area contributed by atoms with Crippen molar-refractivity contribution in [3.05, 3.63) is 71.8 Å². The average molecular weight is 696 g/mol. The first-order valence-electron chi connectivity index (χ1n) is 16.9. The van der Waals surface area contributed by atoms with Crippen molar-refractivity contribution in [1.29, 1.82) is 0 Å². The molecule has 2 rings (SSSR count). The molecule has 2 aromatic rings. The first-order chi connectivity index (χ1) is 23.4. The summed E-state index contributed by atoms with van der Waals surface area (Å²) in [5, 5.41) is 15.9. The fraction of sp³-hybridized carbons (Fsp3) is 0.514. The van der Waals surface area contributed by atoms with Crippen LogP contribution in [0.25, 0.3) is 0 Å². The van der Waals surface area contributed by atoms with Crippen LogP contribution in [0.15, 0.2) is 60.7 Å². The van der Waals surface area contributed by atoms with E-state index in [2.05, 4.69) is 10.6 Å². The molecule has 0 saturated carbocycles. The van der Waals surface area contributed by atoms with Gasteiger partial charge in [0.1, 0.15) is 6.61 Å². The minimum Gasteiger partial charge on any atom is -0.459 e. The molecule has 2 aromatic carbocycles. The van der Waals surface area contributed by atoms with Gasteiger partial charge in [-0.2, -0.15) is 0 Å². The number of ether oxygens (including phenoxy) is 1. The van der Waals surface area contributed by atoms with Gasteiger partial charge in [-0.15, -0.1) is 0 Å². The van der Waals surface area contributed by atoms with Crippen molar-refractivity contribution in [2.75, 3.05) is 0 Å². The van der Waals surface area contributed by atoms with Crippen molar-refractivity contribution >= 4 is 35.1 Å². The van der Waals surface area contributed by atoms with Gasteiger partial charge in [-0.05, 0) is 49.7 Å². The zero-order valence-corrected chi connectivity index (χ0v) is 29.8. The number of Topliss-reactive ketones (excluding diaryl/α,β-unsaturated/α-hetero) is 3. The molecule has 2 amide bonds. The van der Waals surface area contributed by atoms with E-state index >= 15 is 0 Å². The van der Waals surface area contributed by atoms with Crippen molar-refractivity contribution in [2.24, 2.45) is 34.5 Å². The van der Waals surface area contributed by atoms with Gasteiger partial charge >= 0.3 is 5.97 Å². The summed E-state index contributed by atoms with van der Waals surface area (Å²) < 4.78 is 5.55. The van der Waals surface area contributed by atoms with E-state index in [0.717, 1.165) is 5.56 Å². The van der Waals surface area contributed by atoms with E-state index in [1.165, 1.54) is 13.8 Å². The van der Waals surface area contributed by atoms with Crippen LogP contribution in [0.5, 0.6) is 0 Å². The maximum atomic E-state index is 14.8. The van der Waals surface area contributed by atoms with E-state index in [0.29, 0.717) is 5.56 Å². The number of nitrogens with one attached hydrogen (secondary N) is 2. The molecule has 0 aliphatic carbocycles. The number of rotatable bonds is 20. The second kappa shape index (κ2) is 19.2. The van der Waals surface area contributed by atoms with Crippen LogP contribution in [0, 0.1) is 17.3 Å². The van der Waals surface area contributed by atoms with E-state index in [1.807, 2.05) is 30.3 Å². The quantitative estimate of drug-likeness (QED) is 0.0848. The third-order valence-electron chi connectivity index (χ3n) is 8.59. The fourth-order valence-electron chi connectivity index (χ4n) is 5.30. The van der Waals surface area contributed by atoms with Gasteiger partial charge in [0.25, 0.3) is 0 Å². The van der Waals surface area contributed by atoms with Gasteiger partial charge in [-0.3, -0.25) is 24.0 Å². The Balaban J connectivity index is 2.67. The van der Waals surface area contributed by atoms with E-state index in [4.69, 9.17) is 21.9 Å². The third kappa shape index (κ3) is 10.8. The van der Waals surface area contributed by atoms with E-state index in [9.17, 15) is 33.9 Å². The number of hydrogen-bond donors (Lipinski definition) is 6. The molecular weight excluding hydrogens is 642 g/mol. The van der Waals surface area contributed by atoms with Gasteiger partial charge in [0.15, 0.2) is 17.3 Å². The lowest BCUT2D eigenvalue weighted by molar-refractivity contribution is -0.171. The van der Waals surface area contributed by atoms with E-state index < -0.39 is 95.8 Å². The highest BCUT2D eigenvalue weighted by atomic mass is 16.5. The molecule has 0 bridgehead atoms. The molecule has 0 saturated heterocycles. The first-order valence-corrected chi connectivity index (χ1v) is 16.9. The smallest absolute Gasteiger partial charge is 0.335 e. The lowest BCUT2D eigenvalue weighted by atomic mass is 9.68. The molecule has 50 heavy (non-hydrogen) atoms. The number of aliphatic hydroxyl groups is 1. The van der Waals surface area contributed by atoms with Crippen LogP contribution in [0.4, 0.5) is 0 Å². The molecule has 0 fully saturated rings. The lowest BCUT2D eigenvalue weighted by Crippen LogP contribution is -2.65. The van der Waals surface area contributed by atoms with Gasteiger partial charge in [0.2, 0.25) is 17.2 Å². The predicted octanol–water partition coefficient (Wildman–Crippen LogP) is 1.11. The third-order valence-corrected chi connectivity index (χ3v) is 8.59. The predicted molar refractivity (Wildman–Crippen MR) is 188 cm³/mol. The van der Waals surface area contributed by atoms with Crippen molar-refractivity contribution < 1.29 is 38.6 Å². The summed E-state index contributed by atoms with van der Waals surface area (Å²) in [7, 11) is 0. The number of hydrogen-bond acceptors (Lipinski definition) is 11. The maximum absolute atomic E-state index is 14.8. The van der Waals surface area contributed by atoms with Crippen molar-refractivity contribution in [3.8, 4) is 0 Å². The number of esters is 1. The summed E-state index contributed by atoms with van der Waals surface area (Å²) in [6, 6.07) is 11.4. The lowest BCUT2D eigenvalue weighted by Gasteiger charge is -2.35. The van der Waals surface area contributed by atoms with E-state index in [1.54, 1.807) is 58.0 Å². The molecule has 0 aliphatic heterocycles. The van der Waals surface area contributed by atoms with Crippen molar-refractivity contribution in [3.63, 3.8) is 0 Å². The largest absolute Gasteiger partial charge is 0.459 e. The summed E-state index contributed by atoms with van der Waals surface area (Å²) >= 11 is 0. The number of ketones is 3. The summed E-state index contributed by atoms with van der Waals surface area (Å²) in [6.07, 6.45) is -1.99. The molecule has 4 unspecified atom stereocenters. The summed E-state index contributed by atoms with van der Waals surface area (Å²) in [4.78, 5) is 83.8. The van der Waals surface area contributed by atoms with Gasteiger partial charge in [-0.1, -0.05) is 88.4 Å². The van der Waals surface area contributed by atoms with Crippen LogP contribution in [0.2, 0.25) is 0 Å². The number of aliphatic hydroxyl groups excluding tert-OH is 1. The van der Waals surface area contributed by atoms with Crippen LogP contribution >= 0.6 is 0 Å².